The van der Waals surface area contributed by atoms with Gasteiger partial charge in [-0.3, -0.25) is 0 Å². The molecule has 4 nitrogen and oxygen atoms in total. The molecule has 0 aliphatic carbocycles. The maximum atomic E-state index is 5.93. The molecule has 1 heterocycles. The Morgan fingerprint density at radius 1 is 1.41 bits per heavy atom. The van der Waals surface area contributed by atoms with E-state index >= 15 is 0 Å². The highest BCUT2D eigenvalue weighted by atomic mass is 32.1. The van der Waals surface area contributed by atoms with Gasteiger partial charge in [0.25, 0.3) is 0 Å². The first-order valence-corrected chi connectivity index (χ1v) is 6.42. The number of aryl methyl sites for hydroxylation is 1. The zero-order valence-electron chi connectivity index (χ0n) is 9.97. The van der Waals surface area contributed by atoms with E-state index in [-0.39, 0.29) is 6.04 Å². The van der Waals surface area contributed by atoms with Gasteiger partial charge in [-0.2, -0.15) is 4.37 Å². The van der Waals surface area contributed by atoms with Crippen molar-refractivity contribution in [2.24, 2.45) is 5.73 Å². The van der Waals surface area contributed by atoms with Crippen molar-refractivity contribution in [3.05, 3.63) is 35.7 Å². The average molecular weight is 248 g/mol. The van der Waals surface area contributed by atoms with E-state index in [1.807, 2.05) is 38.1 Å². The molecule has 17 heavy (non-hydrogen) atoms. The van der Waals surface area contributed by atoms with Crippen molar-refractivity contribution in [1.29, 1.82) is 0 Å². The Hall–Kier alpha value is -1.46. The van der Waals surface area contributed by atoms with Crippen molar-refractivity contribution in [2.45, 2.75) is 26.3 Å². The lowest BCUT2D eigenvalue weighted by Crippen LogP contribution is -2.07. The van der Waals surface area contributed by atoms with E-state index in [2.05, 4.69) is 14.7 Å². The SMILES string of the molecule is CCc1nsc(Nc2ccccc2C(C)N)n1. The summed E-state index contributed by atoms with van der Waals surface area (Å²) in [6, 6.07) is 8.00. The van der Waals surface area contributed by atoms with Crippen LogP contribution in [0.4, 0.5) is 10.8 Å². The Morgan fingerprint density at radius 2 is 2.18 bits per heavy atom. The summed E-state index contributed by atoms with van der Waals surface area (Å²) >= 11 is 1.38. The Kier molecular flexibility index (Phi) is 3.71. The molecule has 1 aromatic carbocycles. The van der Waals surface area contributed by atoms with Crippen LogP contribution >= 0.6 is 11.5 Å². The monoisotopic (exact) mass is 248 g/mol. The van der Waals surface area contributed by atoms with Gasteiger partial charge in [0, 0.05) is 29.7 Å². The number of anilines is 2. The van der Waals surface area contributed by atoms with Crippen LogP contribution in [-0.4, -0.2) is 9.36 Å². The Labute approximate surface area is 105 Å². The number of aromatic nitrogens is 2. The van der Waals surface area contributed by atoms with Crippen LogP contribution in [0.3, 0.4) is 0 Å². The van der Waals surface area contributed by atoms with Crippen LogP contribution in [0.15, 0.2) is 24.3 Å². The van der Waals surface area contributed by atoms with Crippen LogP contribution in [-0.2, 0) is 6.42 Å². The molecule has 0 spiro atoms. The fraction of sp³-hybridized carbons (Fsp3) is 0.333. The van der Waals surface area contributed by atoms with Gasteiger partial charge < -0.3 is 11.1 Å². The number of nitrogens with two attached hydrogens (primary N) is 1. The third-order valence-electron chi connectivity index (χ3n) is 2.48. The van der Waals surface area contributed by atoms with E-state index in [1.165, 1.54) is 11.5 Å². The molecule has 2 rings (SSSR count). The van der Waals surface area contributed by atoms with Crippen molar-refractivity contribution in [2.75, 3.05) is 5.32 Å². The van der Waals surface area contributed by atoms with Gasteiger partial charge in [0.1, 0.15) is 5.82 Å². The lowest BCUT2D eigenvalue weighted by molar-refractivity contribution is 0.820. The highest BCUT2D eigenvalue weighted by molar-refractivity contribution is 7.09. The Balaban J connectivity index is 2.23. The van der Waals surface area contributed by atoms with E-state index in [0.717, 1.165) is 28.6 Å². The molecule has 0 saturated carbocycles. The number of benzene rings is 1. The van der Waals surface area contributed by atoms with Crippen molar-refractivity contribution < 1.29 is 0 Å². The van der Waals surface area contributed by atoms with Gasteiger partial charge in [-0.25, -0.2) is 4.98 Å². The van der Waals surface area contributed by atoms with Gasteiger partial charge in [0.05, 0.1) is 0 Å². The van der Waals surface area contributed by atoms with Crippen LogP contribution in [0.1, 0.15) is 31.3 Å². The van der Waals surface area contributed by atoms with E-state index < -0.39 is 0 Å². The molecule has 5 heteroatoms. The fourth-order valence-electron chi connectivity index (χ4n) is 1.57. The lowest BCUT2D eigenvalue weighted by atomic mass is 10.1. The van der Waals surface area contributed by atoms with Gasteiger partial charge in [0.15, 0.2) is 0 Å². The lowest BCUT2D eigenvalue weighted by Gasteiger charge is -2.12. The number of hydrogen-bond donors (Lipinski definition) is 2. The van der Waals surface area contributed by atoms with Crippen LogP contribution < -0.4 is 11.1 Å². The second kappa shape index (κ2) is 5.25. The molecule has 90 valence electrons. The van der Waals surface area contributed by atoms with Gasteiger partial charge in [0.2, 0.25) is 5.13 Å². The topological polar surface area (TPSA) is 63.8 Å². The predicted octanol–water partition coefficient (Wildman–Crippen LogP) is 2.86. The molecule has 1 unspecified atom stereocenters. The minimum absolute atomic E-state index is 0.00253. The van der Waals surface area contributed by atoms with Crippen LogP contribution in [0.25, 0.3) is 0 Å². The summed E-state index contributed by atoms with van der Waals surface area (Å²) in [5.74, 6) is 0.871. The summed E-state index contributed by atoms with van der Waals surface area (Å²) in [6.07, 6.45) is 0.854. The van der Waals surface area contributed by atoms with Gasteiger partial charge in [-0.05, 0) is 18.6 Å². The smallest absolute Gasteiger partial charge is 0.207 e. The predicted molar refractivity (Wildman–Crippen MR) is 71.6 cm³/mol. The number of rotatable bonds is 4. The average Bonchev–Trinajstić information content (AvgIpc) is 2.77. The highest BCUT2D eigenvalue weighted by Gasteiger charge is 2.08. The zero-order chi connectivity index (χ0) is 12.3. The van der Waals surface area contributed by atoms with E-state index in [1.54, 1.807) is 0 Å². The Morgan fingerprint density at radius 3 is 2.82 bits per heavy atom. The molecule has 0 amide bonds. The van der Waals surface area contributed by atoms with E-state index in [0.29, 0.717) is 0 Å². The maximum absolute atomic E-state index is 5.93. The van der Waals surface area contributed by atoms with E-state index in [4.69, 9.17) is 5.73 Å². The first-order chi connectivity index (χ1) is 8.20. The number of nitrogens with one attached hydrogen (secondary N) is 1. The molecule has 1 atom stereocenters. The molecule has 0 fully saturated rings. The molecular formula is C12H16N4S. The summed E-state index contributed by atoms with van der Waals surface area (Å²) in [7, 11) is 0. The summed E-state index contributed by atoms with van der Waals surface area (Å²) in [5.41, 5.74) is 8.01. The third kappa shape index (κ3) is 2.81. The van der Waals surface area contributed by atoms with Crippen LogP contribution in [0.2, 0.25) is 0 Å². The highest BCUT2D eigenvalue weighted by Crippen LogP contribution is 2.25. The van der Waals surface area contributed by atoms with Gasteiger partial charge >= 0.3 is 0 Å². The van der Waals surface area contributed by atoms with Gasteiger partial charge in [-0.1, -0.05) is 25.1 Å². The Bertz CT molecular complexity index is 493. The summed E-state index contributed by atoms with van der Waals surface area (Å²) in [5, 5.41) is 4.09. The quantitative estimate of drug-likeness (QED) is 0.873. The molecular weight excluding hydrogens is 232 g/mol. The molecule has 0 aliphatic heterocycles. The summed E-state index contributed by atoms with van der Waals surface area (Å²) in [6.45, 7) is 4.01. The minimum Gasteiger partial charge on any atom is -0.330 e. The first-order valence-electron chi connectivity index (χ1n) is 5.64. The number of nitrogens with zero attached hydrogens (tertiary/aromatic N) is 2. The maximum Gasteiger partial charge on any atom is 0.207 e. The number of para-hydroxylation sites is 1. The van der Waals surface area contributed by atoms with Crippen molar-refractivity contribution in [3.63, 3.8) is 0 Å². The largest absolute Gasteiger partial charge is 0.330 e. The molecule has 2 aromatic rings. The van der Waals surface area contributed by atoms with Crippen molar-refractivity contribution in [1.82, 2.24) is 9.36 Å². The molecule has 0 radical (unpaired) electrons. The second-order valence-electron chi connectivity index (χ2n) is 3.87. The van der Waals surface area contributed by atoms with Crippen molar-refractivity contribution >= 4 is 22.4 Å². The standard InChI is InChI=1S/C12H16N4S/c1-3-11-15-12(17-16-11)14-10-7-5-4-6-9(10)8(2)13/h4-8H,3,13H2,1-2H3,(H,14,15,16). The number of hydrogen-bond acceptors (Lipinski definition) is 5. The van der Waals surface area contributed by atoms with Gasteiger partial charge in [-0.15, -0.1) is 0 Å². The summed E-state index contributed by atoms with van der Waals surface area (Å²) in [4.78, 5) is 4.38. The molecule has 3 N–H and O–H groups in total. The molecule has 0 bridgehead atoms. The first kappa shape index (κ1) is 12.0. The van der Waals surface area contributed by atoms with Crippen LogP contribution in [0, 0.1) is 0 Å². The minimum atomic E-state index is -0.00253. The molecule has 1 aromatic heterocycles. The van der Waals surface area contributed by atoms with E-state index in [9.17, 15) is 0 Å². The normalized spacial score (nSPS) is 12.4. The molecule has 0 aliphatic rings. The van der Waals surface area contributed by atoms with Crippen LogP contribution in [0.5, 0.6) is 0 Å². The fourth-order valence-corrected chi connectivity index (χ4v) is 2.24. The zero-order valence-corrected chi connectivity index (χ0v) is 10.8. The van der Waals surface area contributed by atoms with Crippen molar-refractivity contribution in [3.8, 4) is 0 Å². The second-order valence-corrected chi connectivity index (χ2v) is 4.62. The summed E-state index contributed by atoms with van der Waals surface area (Å²) < 4.78 is 4.24. The molecule has 0 saturated heterocycles. The third-order valence-corrected chi connectivity index (χ3v) is 3.15.